The predicted octanol–water partition coefficient (Wildman–Crippen LogP) is 0.958. The van der Waals surface area contributed by atoms with E-state index in [1.165, 1.54) is 7.11 Å². The van der Waals surface area contributed by atoms with Crippen molar-refractivity contribution in [3.8, 4) is 0 Å². The number of carbonyl (C=O) groups is 5. The molecule has 10 heteroatoms. The van der Waals surface area contributed by atoms with Gasteiger partial charge < -0.3 is 20.7 Å². The molecule has 172 valence electrons. The second kappa shape index (κ2) is 9.80. The molecule has 1 saturated carbocycles. The average molecular weight is 444 g/mol. The van der Waals surface area contributed by atoms with E-state index in [-0.39, 0.29) is 31.3 Å². The molecule has 0 bridgehead atoms. The van der Waals surface area contributed by atoms with E-state index < -0.39 is 23.4 Å². The molecular weight excluding hydrogens is 416 g/mol. The molecule has 1 heterocycles. The Hall–Kier alpha value is -3.43. The number of hydrogen-bond donors (Lipinski definition) is 3. The number of carbonyl (C=O) groups excluding carboxylic acids is 5. The fourth-order valence-corrected chi connectivity index (χ4v) is 3.95. The van der Waals surface area contributed by atoms with Gasteiger partial charge in [-0.3, -0.25) is 24.1 Å². The molecule has 2 fully saturated rings. The molecule has 1 aromatic carbocycles. The van der Waals surface area contributed by atoms with Crippen molar-refractivity contribution in [2.45, 2.75) is 44.6 Å². The molecule has 1 spiro atoms. The zero-order valence-electron chi connectivity index (χ0n) is 18.2. The van der Waals surface area contributed by atoms with Crippen LogP contribution in [0, 0.1) is 5.92 Å². The third-order valence-corrected chi connectivity index (χ3v) is 5.94. The van der Waals surface area contributed by atoms with Crippen molar-refractivity contribution in [1.29, 1.82) is 0 Å². The first-order valence-corrected chi connectivity index (χ1v) is 10.6. The van der Waals surface area contributed by atoms with Gasteiger partial charge in [-0.25, -0.2) is 4.79 Å². The van der Waals surface area contributed by atoms with Crippen LogP contribution in [0.3, 0.4) is 0 Å². The van der Waals surface area contributed by atoms with E-state index in [4.69, 9.17) is 0 Å². The zero-order valence-corrected chi connectivity index (χ0v) is 18.2. The zero-order chi connectivity index (χ0) is 23.3. The number of rotatable bonds is 7. The van der Waals surface area contributed by atoms with Gasteiger partial charge in [0.25, 0.3) is 5.91 Å². The van der Waals surface area contributed by atoms with Gasteiger partial charge in [0.05, 0.1) is 13.5 Å². The lowest BCUT2D eigenvalue weighted by Gasteiger charge is -2.33. The Morgan fingerprint density at radius 2 is 1.78 bits per heavy atom. The highest BCUT2D eigenvalue weighted by molar-refractivity contribution is 6.10. The first kappa shape index (κ1) is 23.2. The van der Waals surface area contributed by atoms with E-state index in [1.807, 2.05) is 0 Å². The number of hydrogen-bond acceptors (Lipinski definition) is 6. The molecule has 1 aliphatic carbocycles. The summed E-state index contributed by atoms with van der Waals surface area (Å²) in [5.41, 5.74) is 0.287. The van der Waals surface area contributed by atoms with Crippen molar-refractivity contribution < 1.29 is 28.7 Å². The van der Waals surface area contributed by atoms with Gasteiger partial charge in [-0.2, -0.15) is 0 Å². The number of methoxy groups -OCH3 is 1. The number of anilines is 1. The van der Waals surface area contributed by atoms with Gasteiger partial charge in [-0.05, 0) is 49.3 Å². The van der Waals surface area contributed by atoms with Gasteiger partial charge in [0.15, 0.2) is 0 Å². The number of nitrogens with zero attached hydrogens (tertiary/aromatic N) is 1. The van der Waals surface area contributed by atoms with Gasteiger partial charge in [0, 0.05) is 5.69 Å². The molecular formula is C22H28N4O6. The fraction of sp³-hybridized carbons (Fsp3) is 0.500. The Labute approximate surface area is 186 Å². The molecule has 0 radical (unpaired) electrons. The number of imide groups is 1. The molecule has 0 atom stereocenters. The smallest absolute Gasteiger partial charge is 0.325 e. The van der Waals surface area contributed by atoms with Gasteiger partial charge in [0.1, 0.15) is 18.6 Å². The lowest BCUT2D eigenvalue weighted by Crippen LogP contribution is -2.49. The van der Waals surface area contributed by atoms with Crippen LogP contribution in [-0.2, 0) is 30.3 Å². The molecule has 3 N–H and O–H groups in total. The number of benzene rings is 1. The van der Waals surface area contributed by atoms with Crippen LogP contribution in [0.25, 0.3) is 0 Å². The molecule has 0 aromatic heterocycles. The molecule has 1 aliphatic heterocycles. The molecule has 3 rings (SSSR count). The summed E-state index contributed by atoms with van der Waals surface area (Å²) in [6.45, 7) is 1.56. The summed E-state index contributed by atoms with van der Waals surface area (Å²) in [5.74, 6) is -1.18. The van der Waals surface area contributed by atoms with Crippen molar-refractivity contribution in [2.24, 2.45) is 5.92 Å². The molecule has 1 aromatic rings. The van der Waals surface area contributed by atoms with Crippen LogP contribution < -0.4 is 16.0 Å². The van der Waals surface area contributed by atoms with Crippen LogP contribution in [0.1, 0.15) is 38.2 Å². The number of nitrogens with one attached hydrogen (secondary N) is 3. The van der Waals surface area contributed by atoms with Crippen LogP contribution in [0.2, 0.25) is 0 Å². The van der Waals surface area contributed by atoms with E-state index in [0.717, 1.165) is 17.7 Å². The summed E-state index contributed by atoms with van der Waals surface area (Å²) >= 11 is 0. The average Bonchev–Trinajstić information content (AvgIpc) is 2.99. The van der Waals surface area contributed by atoms with Crippen molar-refractivity contribution in [1.82, 2.24) is 15.5 Å². The fourth-order valence-electron chi connectivity index (χ4n) is 3.95. The van der Waals surface area contributed by atoms with Crippen LogP contribution in [0.4, 0.5) is 10.5 Å². The Kier molecular flexibility index (Phi) is 7.12. The second-order valence-electron chi connectivity index (χ2n) is 8.36. The topological polar surface area (TPSA) is 134 Å². The molecule has 1 saturated heterocycles. The summed E-state index contributed by atoms with van der Waals surface area (Å²) < 4.78 is 4.46. The summed E-state index contributed by atoms with van der Waals surface area (Å²) in [4.78, 5) is 61.5. The van der Waals surface area contributed by atoms with E-state index in [2.05, 4.69) is 27.6 Å². The lowest BCUT2D eigenvalue weighted by molar-refractivity contribution is -0.141. The molecule has 10 nitrogen and oxygen atoms in total. The van der Waals surface area contributed by atoms with Crippen LogP contribution in [-0.4, -0.2) is 60.4 Å². The SMILES string of the molecule is COC(=O)CNC(=O)Cc1ccc(NC(=O)CN2C(=O)NC3(CCC(C)CC3)C2=O)cc1. The lowest BCUT2D eigenvalue weighted by atomic mass is 9.77. The standard InChI is InChI=1S/C22H28N4O6/c1-14-7-9-22(10-8-14)20(30)26(21(31)25-22)13-18(28)24-16-5-3-15(4-6-16)11-17(27)23-12-19(29)32-2/h3-6,14H,7-13H2,1-2H3,(H,23,27)(H,24,28)(H,25,31). The number of ether oxygens (including phenoxy) is 1. The van der Waals surface area contributed by atoms with E-state index in [0.29, 0.717) is 30.0 Å². The monoisotopic (exact) mass is 444 g/mol. The first-order chi connectivity index (χ1) is 15.2. The Balaban J connectivity index is 1.51. The summed E-state index contributed by atoms with van der Waals surface area (Å²) in [5, 5.41) is 7.90. The minimum Gasteiger partial charge on any atom is -0.468 e. The largest absolute Gasteiger partial charge is 0.468 e. The minimum absolute atomic E-state index is 0.0639. The predicted molar refractivity (Wildman–Crippen MR) is 114 cm³/mol. The van der Waals surface area contributed by atoms with Crippen LogP contribution >= 0.6 is 0 Å². The normalized spacial score (nSPS) is 22.4. The Bertz CT molecular complexity index is 906. The molecule has 32 heavy (non-hydrogen) atoms. The van der Waals surface area contributed by atoms with E-state index >= 15 is 0 Å². The van der Waals surface area contributed by atoms with E-state index in [9.17, 15) is 24.0 Å². The maximum atomic E-state index is 12.8. The maximum Gasteiger partial charge on any atom is 0.325 e. The van der Waals surface area contributed by atoms with Crippen molar-refractivity contribution in [2.75, 3.05) is 25.5 Å². The maximum absolute atomic E-state index is 12.8. The van der Waals surface area contributed by atoms with E-state index in [1.54, 1.807) is 24.3 Å². The first-order valence-electron chi connectivity index (χ1n) is 10.6. The van der Waals surface area contributed by atoms with Gasteiger partial charge in [0.2, 0.25) is 11.8 Å². The molecule has 5 amide bonds. The Morgan fingerprint density at radius 1 is 1.12 bits per heavy atom. The third-order valence-electron chi connectivity index (χ3n) is 5.94. The van der Waals surface area contributed by atoms with Gasteiger partial charge in [-0.15, -0.1) is 0 Å². The van der Waals surface area contributed by atoms with Crippen molar-refractivity contribution >= 4 is 35.4 Å². The number of urea groups is 1. The molecule has 2 aliphatic rings. The Morgan fingerprint density at radius 3 is 2.41 bits per heavy atom. The minimum atomic E-state index is -0.875. The second-order valence-corrected chi connectivity index (χ2v) is 8.36. The van der Waals surface area contributed by atoms with Gasteiger partial charge in [-0.1, -0.05) is 19.1 Å². The number of amides is 5. The third kappa shape index (κ3) is 5.43. The van der Waals surface area contributed by atoms with Crippen LogP contribution in [0.5, 0.6) is 0 Å². The highest BCUT2D eigenvalue weighted by Crippen LogP contribution is 2.36. The highest BCUT2D eigenvalue weighted by atomic mass is 16.5. The van der Waals surface area contributed by atoms with Crippen molar-refractivity contribution in [3.05, 3.63) is 29.8 Å². The number of esters is 1. The van der Waals surface area contributed by atoms with Crippen LogP contribution in [0.15, 0.2) is 24.3 Å². The van der Waals surface area contributed by atoms with Crippen molar-refractivity contribution in [3.63, 3.8) is 0 Å². The summed E-state index contributed by atoms with van der Waals surface area (Å²) in [6, 6.07) is 6.04. The summed E-state index contributed by atoms with van der Waals surface area (Å²) in [7, 11) is 1.24. The quantitative estimate of drug-likeness (QED) is 0.424. The van der Waals surface area contributed by atoms with Gasteiger partial charge >= 0.3 is 12.0 Å². The summed E-state index contributed by atoms with van der Waals surface area (Å²) in [6.07, 6.45) is 2.96. The molecule has 0 unspecified atom stereocenters. The highest BCUT2D eigenvalue weighted by Gasteiger charge is 2.52.